The van der Waals surface area contributed by atoms with Crippen molar-refractivity contribution in [1.82, 2.24) is 0 Å². The van der Waals surface area contributed by atoms with Crippen molar-refractivity contribution in [1.29, 1.82) is 0 Å². The molecule has 14 heavy (non-hydrogen) atoms. The van der Waals surface area contributed by atoms with Crippen LogP contribution >= 0.6 is 0 Å². The fourth-order valence-electron chi connectivity index (χ4n) is 1.99. The van der Waals surface area contributed by atoms with Crippen molar-refractivity contribution in [3.05, 3.63) is 35.9 Å². The Kier molecular flexibility index (Phi) is 2.33. The van der Waals surface area contributed by atoms with E-state index in [1.165, 1.54) is 0 Å². The molecular formula is C10H14NO2S+. The zero-order valence-electron chi connectivity index (χ0n) is 7.89. The van der Waals surface area contributed by atoms with Gasteiger partial charge < -0.3 is 5.73 Å². The molecule has 0 radical (unpaired) electrons. The molecule has 0 saturated carbocycles. The molecule has 1 fully saturated rings. The highest BCUT2D eigenvalue weighted by Crippen LogP contribution is 2.26. The molecule has 1 heterocycles. The average molecular weight is 212 g/mol. The quantitative estimate of drug-likeness (QED) is 0.701. The Labute approximate surface area is 83.9 Å². The summed E-state index contributed by atoms with van der Waals surface area (Å²) in [5, 5.41) is 0. The highest BCUT2D eigenvalue weighted by molar-refractivity contribution is 7.91. The first-order valence-corrected chi connectivity index (χ1v) is 6.49. The van der Waals surface area contributed by atoms with E-state index >= 15 is 0 Å². The SMILES string of the molecule is [NH3+][C@@H]1CS(=O)(=O)C[C@H]1c1ccccc1. The van der Waals surface area contributed by atoms with E-state index in [1.54, 1.807) is 0 Å². The predicted molar refractivity (Wildman–Crippen MR) is 54.5 cm³/mol. The fraction of sp³-hybridized carbons (Fsp3) is 0.400. The summed E-state index contributed by atoms with van der Waals surface area (Å²) in [7, 11) is -2.86. The summed E-state index contributed by atoms with van der Waals surface area (Å²) in [6, 6.07) is 9.76. The number of hydrogen-bond donors (Lipinski definition) is 1. The van der Waals surface area contributed by atoms with E-state index in [1.807, 2.05) is 30.3 Å². The van der Waals surface area contributed by atoms with Crippen molar-refractivity contribution in [2.75, 3.05) is 11.5 Å². The second-order valence-electron chi connectivity index (χ2n) is 3.85. The van der Waals surface area contributed by atoms with Gasteiger partial charge in [-0.3, -0.25) is 0 Å². The zero-order chi connectivity index (χ0) is 10.2. The van der Waals surface area contributed by atoms with Gasteiger partial charge in [0, 0.05) is 0 Å². The highest BCUT2D eigenvalue weighted by atomic mass is 32.2. The van der Waals surface area contributed by atoms with Gasteiger partial charge in [0.15, 0.2) is 9.84 Å². The molecule has 0 unspecified atom stereocenters. The lowest BCUT2D eigenvalue weighted by molar-refractivity contribution is -0.415. The van der Waals surface area contributed by atoms with E-state index in [2.05, 4.69) is 5.73 Å². The molecule has 0 aliphatic carbocycles. The van der Waals surface area contributed by atoms with Crippen LogP contribution in [0.1, 0.15) is 11.5 Å². The van der Waals surface area contributed by atoms with E-state index in [0.717, 1.165) is 5.56 Å². The second kappa shape index (κ2) is 3.37. The van der Waals surface area contributed by atoms with E-state index in [4.69, 9.17) is 0 Å². The van der Waals surface area contributed by atoms with Crippen molar-refractivity contribution in [3.63, 3.8) is 0 Å². The van der Waals surface area contributed by atoms with Gasteiger partial charge in [0.05, 0.1) is 11.7 Å². The molecule has 1 saturated heterocycles. The predicted octanol–water partition coefficient (Wildman–Crippen LogP) is -0.191. The van der Waals surface area contributed by atoms with Gasteiger partial charge in [-0.1, -0.05) is 30.3 Å². The van der Waals surface area contributed by atoms with Crippen molar-refractivity contribution < 1.29 is 14.2 Å². The maximum absolute atomic E-state index is 11.4. The summed E-state index contributed by atoms with van der Waals surface area (Å²) in [4.78, 5) is 0. The molecular weight excluding hydrogens is 198 g/mol. The van der Waals surface area contributed by atoms with Gasteiger partial charge in [0.1, 0.15) is 11.8 Å². The first kappa shape index (κ1) is 9.68. The molecule has 1 aromatic rings. The van der Waals surface area contributed by atoms with E-state index < -0.39 is 9.84 Å². The normalized spacial score (nSPS) is 30.4. The molecule has 0 bridgehead atoms. The van der Waals surface area contributed by atoms with Crippen molar-refractivity contribution >= 4 is 9.84 Å². The van der Waals surface area contributed by atoms with Gasteiger partial charge in [-0.05, 0) is 5.56 Å². The van der Waals surface area contributed by atoms with Crippen LogP contribution in [0.4, 0.5) is 0 Å². The molecule has 1 aliphatic heterocycles. The van der Waals surface area contributed by atoms with Gasteiger partial charge in [-0.2, -0.15) is 0 Å². The third-order valence-corrected chi connectivity index (χ3v) is 4.50. The second-order valence-corrected chi connectivity index (χ2v) is 6.01. The van der Waals surface area contributed by atoms with Gasteiger partial charge in [-0.15, -0.1) is 0 Å². The summed E-state index contributed by atoms with van der Waals surface area (Å²) in [6.07, 6.45) is 0. The fourth-order valence-corrected chi connectivity index (χ4v) is 4.02. The number of sulfone groups is 1. The molecule has 3 nitrogen and oxygen atoms in total. The van der Waals surface area contributed by atoms with Gasteiger partial charge in [0.25, 0.3) is 0 Å². The molecule has 1 aliphatic rings. The van der Waals surface area contributed by atoms with E-state index in [-0.39, 0.29) is 23.5 Å². The van der Waals surface area contributed by atoms with Crippen molar-refractivity contribution in [2.24, 2.45) is 0 Å². The van der Waals surface area contributed by atoms with Gasteiger partial charge >= 0.3 is 0 Å². The minimum atomic E-state index is -2.86. The Balaban J connectivity index is 2.30. The van der Waals surface area contributed by atoms with Crippen molar-refractivity contribution in [3.8, 4) is 0 Å². The maximum atomic E-state index is 11.4. The Hall–Kier alpha value is -0.870. The molecule has 0 spiro atoms. The van der Waals surface area contributed by atoms with Crippen LogP contribution < -0.4 is 5.73 Å². The van der Waals surface area contributed by atoms with Crippen LogP contribution in [0.15, 0.2) is 30.3 Å². The summed E-state index contributed by atoms with van der Waals surface area (Å²) in [5.41, 5.74) is 5.00. The molecule has 4 heteroatoms. The topological polar surface area (TPSA) is 61.8 Å². The average Bonchev–Trinajstić information content (AvgIpc) is 2.41. The number of hydrogen-bond acceptors (Lipinski definition) is 2. The monoisotopic (exact) mass is 212 g/mol. The lowest BCUT2D eigenvalue weighted by Gasteiger charge is -2.10. The molecule has 3 N–H and O–H groups in total. The molecule has 76 valence electrons. The smallest absolute Gasteiger partial charge is 0.156 e. The Morgan fingerprint density at radius 1 is 1.14 bits per heavy atom. The molecule has 2 atom stereocenters. The minimum Gasteiger partial charge on any atom is -0.354 e. The minimum absolute atomic E-state index is 0.00222. The van der Waals surface area contributed by atoms with Crippen molar-refractivity contribution in [2.45, 2.75) is 12.0 Å². The van der Waals surface area contributed by atoms with Crippen LogP contribution in [0.25, 0.3) is 0 Å². The summed E-state index contributed by atoms with van der Waals surface area (Å²) >= 11 is 0. The highest BCUT2D eigenvalue weighted by Gasteiger charge is 2.38. The first-order valence-electron chi connectivity index (χ1n) is 4.67. The van der Waals surface area contributed by atoms with Crippen LogP contribution in [-0.4, -0.2) is 26.0 Å². The summed E-state index contributed by atoms with van der Waals surface area (Å²) in [5.74, 6) is 0.568. The molecule has 2 rings (SSSR count). The first-order chi connectivity index (χ1) is 6.58. The number of benzene rings is 1. The standard InChI is InChI=1S/C10H13NO2S/c11-10-7-14(12,13)6-9(10)8-4-2-1-3-5-8/h1-5,9-10H,6-7,11H2/p+1/t9-,10+/m0/s1. The third kappa shape index (κ3) is 1.81. The van der Waals surface area contributed by atoms with Crippen LogP contribution in [0.3, 0.4) is 0 Å². The molecule has 0 amide bonds. The third-order valence-electron chi connectivity index (χ3n) is 2.70. The van der Waals surface area contributed by atoms with E-state index in [0.29, 0.717) is 0 Å². The van der Waals surface area contributed by atoms with Gasteiger partial charge in [-0.25, -0.2) is 8.42 Å². The van der Waals surface area contributed by atoms with E-state index in [9.17, 15) is 8.42 Å². The van der Waals surface area contributed by atoms with Crippen LogP contribution in [0, 0.1) is 0 Å². The summed E-state index contributed by atoms with van der Waals surface area (Å²) in [6.45, 7) is 0. The zero-order valence-corrected chi connectivity index (χ0v) is 8.70. The van der Waals surface area contributed by atoms with Gasteiger partial charge in [0.2, 0.25) is 0 Å². The number of quaternary nitrogens is 1. The van der Waals surface area contributed by atoms with Crippen LogP contribution in [-0.2, 0) is 9.84 Å². The molecule has 0 aromatic heterocycles. The Morgan fingerprint density at radius 2 is 1.79 bits per heavy atom. The number of rotatable bonds is 1. The molecule has 1 aromatic carbocycles. The lowest BCUT2D eigenvalue weighted by atomic mass is 9.95. The largest absolute Gasteiger partial charge is 0.354 e. The van der Waals surface area contributed by atoms with Crippen LogP contribution in [0.5, 0.6) is 0 Å². The Bertz CT molecular complexity index is 413. The lowest BCUT2D eigenvalue weighted by Crippen LogP contribution is -2.63. The Morgan fingerprint density at radius 3 is 2.29 bits per heavy atom. The maximum Gasteiger partial charge on any atom is 0.156 e. The summed E-state index contributed by atoms with van der Waals surface area (Å²) < 4.78 is 22.8. The van der Waals surface area contributed by atoms with Crippen LogP contribution in [0.2, 0.25) is 0 Å².